The van der Waals surface area contributed by atoms with Crippen molar-refractivity contribution in [1.82, 2.24) is 0 Å². The van der Waals surface area contributed by atoms with E-state index in [4.69, 9.17) is 5.26 Å². The minimum atomic E-state index is -0.241. The van der Waals surface area contributed by atoms with Crippen LogP contribution in [0, 0.1) is 31.0 Å². The van der Waals surface area contributed by atoms with Crippen LogP contribution in [0.3, 0.4) is 0 Å². The van der Waals surface area contributed by atoms with Gasteiger partial charge in [-0.25, -0.2) is 4.39 Å². The fraction of sp³-hybridized carbons (Fsp3) is 0.364. The predicted octanol–water partition coefficient (Wildman–Crippen LogP) is 3.07. The Bertz CT molecular complexity index is 363. The second-order valence-corrected chi connectivity index (χ2v) is 3.31. The molecule has 1 aromatic carbocycles. The largest absolute Gasteiger partial charge is 0.207 e. The third-order valence-corrected chi connectivity index (χ3v) is 2.21. The summed E-state index contributed by atoms with van der Waals surface area (Å²) in [5, 5.41) is 8.70. The Labute approximate surface area is 77.8 Å². The Morgan fingerprint density at radius 2 is 1.92 bits per heavy atom. The van der Waals surface area contributed by atoms with E-state index >= 15 is 0 Å². The molecule has 0 amide bonds. The van der Waals surface area contributed by atoms with E-state index in [-0.39, 0.29) is 11.7 Å². The van der Waals surface area contributed by atoms with Crippen molar-refractivity contribution in [2.45, 2.75) is 26.7 Å². The monoisotopic (exact) mass is 177 g/mol. The summed E-state index contributed by atoms with van der Waals surface area (Å²) in [7, 11) is 0. The van der Waals surface area contributed by atoms with Crippen molar-refractivity contribution in [2.75, 3.05) is 0 Å². The fourth-order valence-corrected chi connectivity index (χ4v) is 1.38. The molecule has 2 heteroatoms. The maximum Gasteiger partial charge on any atom is 0.126 e. The first-order chi connectivity index (χ1) is 6.06. The molecule has 0 aromatic heterocycles. The maximum atomic E-state index is 13.1. The van der Waals surface area contributed by atoms with Gasteiger partial charge < -0.3 is 0 Å². The summed E-state index contributed by atoms with van der Waals surface area (Å²) in [5.74, 6) is -0.474. The van der Waals surface area contributed by atoms with E-state index in [1.165, 1.54) is 6.07 Å². The number of hydrogen-bond donors (Lipinski definition) is 0. The summed E-state index contributed by atoms with van der Waals surface area (Å²) in [6.45, 7) is 5.40. The van der Waals surface area contributed by atoms with Crippen LogP contribution in [0.1, 0.15) is 29.5 Å². The van der Waals surface area contributed by atoms with Gasteiger partial charge in [-0.3, -0.25) is 0 Å². The van der Waals surface area contributed by atoms with Crippen molar-refractivity contribution in [3.05, 3.63) is 34.6 Å². The lowest BCUT2D eigenvalue weighted by atomic mass is 9.96. The molecule has 0 saturated carbocycles. The third-order valence-electron chi connectivity index (χ3n) is 2.21. The first-order valence-corrected chi connectivity index (χ1v) is 4.22. The average Bonchev–Trinajstić information content (AvgIpc) is 2.10. The number of halogens is 1. The lowest BCUT2D eigenvalue weighted by Gasteiger charge is -2.08. The predicted molar refractivity (Wildman–Crippen MR) is 49.9 cm³/mol. The van der Waals surface area contributed by atoms with Gasteiger partial charge in [0.2, 0.25) is 0 Å². The first kappa shape index (κ1) is 9.73. The van der Waals surface area contributed by atoms with Crippen LogP contribution in [0.4, 0.5) is 4.39 Å². The Balaban J connectivity index is 3.25. The zero-order valence-electron chi connectivity index (χ0n) is 8.06. The van der Waals surface area contributed by atoms with Crippen LogP contribution in [-0.2, 0) is 0 Å². The summed E-state index contributed by atoms with van der Waals surface area (Å²) >= 11 is 0. The van der Waals surface area contributed by atoms with Crippen LogP contribution >= 0.6 is 0 Å². The van der Waals surface area contributed by atoms with Gasteiger partial charge in [0.05, 0.1) is 12.0 Å². The Morgan fingerprint density at radius 3 is 2.46 bits per heavy atom. The Kier molecular flexibility index (Phi) is 2.67. The molecule has 0 aliphatic carbocycles. The smallest absolute Gasteiger partial charge is 0.126 e. The molecular weight excluding hydrogens is 165 g/mol. The van der Waals surface area contributed by atoms with Crippen LogP contribution in [0.2, 0.25) is 0 Å². The van der Waals surface area contributed by atoms with Crippen molar-refractivity contribution in [1.29, 1.82) is 5.26 Å². The molecule has 1 aromatic rings. The van der Waals surface area contributed by atoms with Crippen molar-refractivity contribution < 1.29 is 4.39 Å². The standard InChI is InChI=1S/C11H12FN/c1-7-4-8(2)11(12)5-10(7)9(3)6-13/h4-5,9H,1-3H3. The van der Waals surface area contributed by atoms with Crippen molar-refractivity contribution in [3.8, 4) is 6.07 Å². The molecule has 0 fully saturated rings. The summed E-state index contributed by atoms with van der Waals surface area (Å²) in [6, 6.07) is 5.34. The zero-order chi connectivity index (χ0) is 10.0. The lowest BCUT2D eigenvalue weighted by Crippen LogP contribution is -1.96. The van der Waals surface area contributed by atoms with E-state index < -0.39 is 0 Å². The number of nitriles is 1. The van der Waals surface area contributed by atoms with Crippen molar-refractivity contribution >= 4 is 0 Å². The van der Waals surface area contributed by atoms with Crippen molar-refractivity contribution in [2.24, 2.45) is 0 Å². The van der Waals surface area contributed by atoms with E-state index in [2.05, 4.69) is 6.07 Å². The highest BCUT2D eigenvalue weighted by Crippen LogP contribution is 2.21. The van der Waals surface area contributed by atoms with Gasteiger partial charge in [0, 0.05) is 0 Å². The minimum Gasteiger partial charge on any atom is -0.207 e. The zero-order valence-corrected chi connectivity index (χ0v) is 8.06. The number of rotatable bonds is 1. The highest BCUT2D eigenvalue weighted by molar-refractivity contribution is 5.36. The average molecular weight is 177 g/mol. The SMILES string of the molecule is Cc1cc(C)c(C(C)C#N)cc1F. The minimum absolute atomic E-state index is 0.234. The second-order valence-electron chi connectivity index (χ2n) is 3.31. The van der Waals surface area contributed by atoms with E-state index in [9.17, 15) is 4.39 Å². The molecule has 1 unspecified atom stereocenters. The van der Waals surface area contributed by atoms with Gasteiger partial charge in [-0.05, 0) is 43.5 Å². The molecule has 0 aliphatic heterocycles. The van der Waals surface area contributed by atoms with Crippen molar-refractivity contribution in [3.63, 3.8) is 0 Å². The normalized spacial score (nSPS) is 12.2. The van der Waals surface area contributed by atoms with E-state index in [0.29, 0.717) is 5.56 Å². The molecule has 1 atom stereocenters. The molecule has 13 heavy (non-hydrogen) atoms. The number of nitrogens with zero attached hydrogens (tertiary/aromatic N) is 1. The summed E-state index contributed by atoms with van der Waals surface area (Å²) in [4.78, 5) is 0. The molecule has 0 bridgehead atoms. The fourth-order valence-electron chi connectivity index (χ4n) is 1.38. The van der Waals surface area contributed by atoms with Gasteiger partial charge in [0.1, 0.15) is 5.82 Å². The van der Waals surface area contributed by atoms with Gasteiger partial charge in [-0.1, -0.05) is 6.07 Å². The van der Waals surface area contributed by atoms with Gasteiger partial charge >= 0.3 is 0 Å². The quantitative estimate of drug-likeness (QED) is 0.646. The van der Waals surface area contributed by atoms with Crippen LogP contribution in [0.5, 0.6) is 0 Å². The number of benzene rings is 1. The van der Waals surface area contributed by atoms with E-state index in [1.54, 1.807) is 19.9 Å². The van der Waals surface area contributed by atoms with Crippen LogP contribution in [0.15, 0.2) is 12.1 Å². The Morgan fingerprint density at radius 1 is 1.31 bits per heavy atom. The highest BCUT2D eigenvalue weighted by Gasteiger charge is 2.09. The molecule has 0 N–H and O–H groups in total. The topological polar surface area (TPSA) is 23.8 Å². The van der Waals surface area contributed by atoms with E-state index in [1.807, 2.05) is 6.92 Å². The molecule has 0 heterocycles. The Hall–Kier alpha value is -1.36. The number of hydrogen-bond acceptors (Lipinski definition) is 1. The van der Waals surface area contributed by atoms with E-state index in [0.717, 1.165) is 11.1 Å². The third kappa shape index (κ3) is 1.86. The van der Waals surface area contributed by atoms with Gasteiger partial charge in [-0.15, -0.1) is 0 Å². The molecule has 0 radical (unpaired) electrons. The molecule has 1 rings (SSSR count). The molecule has 1 nitrogen and oxygen atoms in total. The van der Waals surface area contributed by atoms with Gasteiger partial charge in [-0.2, -0.15) is 5.26 Å². The molecular formula is C11H12FN. The van der Waals surface area contributed by atoms with Gasteiger partial charge in [0.25, 0.3) is 0 Å². The van der Waals surface area contributed by atoms with Crippen LogP contribution < -0.4 is 0 Å². The summed E-state index contributed by atoms with van der Waals surface area (Å²) < 4.78 is 13.1. The van der Waals surface area contributed by atoms with Gasteiger partial charge in [0.15, 0.2) is 0 Å². The van der Waals surface area contributed by atoms with Crippen LogP contribution in [-0.4, -0.2) is 0 Å². The lowest BCUT2D eigenvalue weighted by molar-refractivity contribution is 0.614. The second kappa shape index (κ2) is 3.57. The van der Waals surface area contributed by atoms with Crippen LogP contribution in [0.25, 0.3) is 0 Å². The number of aryl methyl sites for hydroxylation is 2. The summed E-state index contributed by atoms with van der Waals surface area (Å²) in [5.41, 5.74) is 2.39. The highest BCUT2D eigenvalue weighted by atomic mass is 19.1. The molecule has 0 saturated heterocycles. The molecule has 0 aliphatic rings. The maximum absolute atomic E-state index is 13.1. The first-order valence-electron chi connectivity index (χ1n) is 4.22. The molecule has 68 valence electrons. The molecule has 0 spiro atoms. The summed E-state index contributed by atoms with van der Waals surface area (Å²) in [6.07, 6.45) is 0.